The molecule has 0 radical (unpaired) electrons. The largest absolute Gasteiger partial charge is 0.492 e. The molecule has 8 heteroatoms. The van der Waals surface area contributed by atoms with Crippen molar-refractivity contribution < 1.29 is 9.90 Å². The minimum atomic E-state index is -0.763. The van der Waals surface area contributed by atoms with E-state index in [0.717, 1.165) is 30.7 Å². The molecule has 2 heterocycles. The van der Waals surface area contributed by atoms with Gasteiger partial charge in [-0.2, -0.15) is 0 Å². The Bertz CT molecular complexity index is 456. The molecule has 0 bridgehead atoms. The lowest BCUT2D eigenvalue weighted by Gasteiger charge is -2.42. The maximum absolute atomic E-state index is 11.6. The van der Waals surface area contributed by atoms with E-state index < -0.39 is 6.03 Å². The lowest BCUT2D eigenvalue weighted by atomic mass is 9.97. The van der Waals surface area contributed by atoms with Gasteiger partial charge in [0.1, 0.15) is 6.20 Å². The molecule has 3 N–H and O–H groups in total. The third-order valence-electron chi connectivity index (χ3n) is 4.35. The topological polar surface area (TPSA) is 97.8 Å². The fraction of sp³-hybridized carbons (Fsp3) is 0.786. The predicted octanol–water partition coefficient (Wildman–Crippen LogP) is 2.08. The molecule has 0 aromatic heterocycles. The van der Waals surface area contributed by atoms with Gasteiger partial charge in [-0.3, -0.25) is 0 Å². The van der Waals surface area contributed by atoms with Gasteiger partial charge < -0.3 is 15.7 Å². The van der Waals surface area contributed by atoms with Crippen LogP contribution < -0.4 is 5.73 Å². The normalized spacial score (nSPS) is 22.1. The van der Waals surface area contributed by atoms with Crippen LogP contribution in [0.5, 0.6) is 0 Å². The molecule has 0 unspecified atom stereocenters. The second-order valence-corrected chi connectivity index (χ2v) is 6.46. The van der Waals surface area contributed by atoms with Crippen LogP contribution >= 0.6 is 0 Å². The SMILES string of the molecule is CC1CCN(C[C@H](C(C)C)N2C(O)=CN=NN2C(N)=O)CC1. The molecule has 1 atom stereocenters. The summed E-state index contributed by atoms with van der Waals surface area (Å²) in [6.07, 6.45) is 3.57. The van der Waals surface area contributed by atoms with E-state index in [4.69, 9.17) is 5.73 Å². The van der Waals surface area contributed by atoms with Crippen molar-refractivity contribution in [2.75, 3.05) is 19.6 Å². The van der Waals surface area contributed by atoms with Crippen LogP contribution in [0, 0.1) is 11.8 Å². The van der Waals surface area contributed by atoms with Gasteiger partial charge in [-0.15, -0.1) is 5.11 Å². The van der Waals surface area contributed by atoms with Crippen LogP contribution in [0.4, 0.5) is 4.79 Å². The summed E-state index contributed by atoms with van der Waals surface area (Å²) in [5.41, 5.74) is 5.35. The van der Waals surface area contributed by atoms with Gasteiger partial charge in [0.05, 0.1) is 6.04 Å². The minimum absolute atomic E-state index is 0.113. The molecule has 2 rings (SSSR count). The number of amides is 2. The van der Waals surface area contributed by atoms with E-state index in [-0.39, 0.29) is 17.8 Å². The second kappa shape index (κ2) is 6.95. The van der Waals surface area contributed by atoms with E-state index in [1.807, 2.05) is 0 Å². The summed E-state index contributed by atoms with van der Waals surface area (Å²) in [7, 11) is 0. The number of carbonyl (C=O) groups excluding carboxylic acids is 1. The van der Waals surface area contributed by atoms with Gasteiger partial charge in [-0.1, -0.05) is 25.9 Å². The van der Waals surface area contributed by atoms with E-state index in [2.05, 4.69) is 36.0 Å². The Labute approximate surface area is 131 Å². The first-order valence-corrected chi connectivity index (χ1v) is 7.81. The van der Waals surface area contributed by atoms with Crippen molar-refractivity contribution in [3.05, 3.63) is 12.1 Å². The molecular formula is C14H26N6O2. The highest BCUT2D eigenvalue weighted by atomic mass is 16.3. The van der Waals surface area contributed by atoms with Gasteiger partial charge in [-0.25, -0.2) is 9.80 Å². The average molecular weight is 310 g/mol. The lowest BCUT2D eigenvalue weighted by Crippen LogP contribution is -2.56. The number of aliphatic hydroxyl groups excluding tert-OH is 1. The Hall–Kier alpha value is -1.83. The number of primary amides is 1. The van der Waals surface area contributed by atoms with Crippen molar-refractivity contribution in [1.82, 2.24) is 15.0 Å². The molecule has 2 aliphatic rings. The number of piperidine rings is 1. The smallest absolute Gasteiger partial charge is 0.356 e. The lowest BCUT2D eigenvalue weighted by molar-refractivity contribution is -0.0642. The zero-order valence-electron chi connectivity index (χ0n) is 13.5. The van der Waals surface area contributed by atoms with Crippen LogP contribution in [0.25, 0.3) is 0 Å². The van der Waals surface area contributed by atoms with Crippen LogP contribution in [0.1, 0.15) is 33.6 Å². The number of aliphatic hydroxyl groups is 1. The van der Waals surface area contributed by atoms with E-state index in [0.29, 0.717) is 0 Å². The molecule has 1 saturated heterocycles. The van der Waals surface area contributed by atoms with Crippen molar-refractivity contribution in [2.45, 2.75) is 39.7 Å². The van der Waals surface area contributed by atoms with E-state index in [1.165, 1.54) is 24.1 Å². The van der Waals surface area contributed by atoms with Gasteiger partial charge in [0, 0.05) is 6.54 Å². The summed E-state index contributed by atoms with van der Waals surface area (Å²) in [5.74, 6) is 0.843. The number of nitrogens with zero attached hydrogens (tertiary/aromatic N) is 5. The number of nitrogens with two attached hydrogens (primary N) is 1. The Morgan fingerprint density at radius 2 is 2.09 bits per heavy atom. The van der Waals surface area contributed by atoms with Crippen LogP contribution in [0.3, 0.4) is 0 Å². The number of urea groups is 1. The highest BCUT2D eigenvalue weighted by molar-refractivity contribution is 5.71. The molecule has 1 fully saturated rings. The van der Waals surface area contributed by atoms with Crippen molar-refractivity contribution in [3.8, 4) is 0 Å². The number of carbonyl (C=O) groups is 1. The van der Waals surface area contributed by atoms with Gasteiger partial charge >= 0.3 is 6.03 Å². The molecule has 124 valence electrons. The molecule has 0 aromatic rings. The zero-order chi connectivity index (χ0) is 16.3. The first-order valence-electron chi connectivity index (χ1n) is 7.81. The predicted molar refractivity (Wildman–Crippen MR) is 82.3 cm³/mol. The van der Waals surface area contributed by atoms with Gasteiger partial charge in [-0.05, 0) is 43.0 Å². The highest BCUT2D eigenvalue weighted by Gasteiger charge is 2.35. The Morgan fingerprint density at radius 1 is 1.45 bits per heavy atom. The van der Waals surface area contributed by atoms with Gasteiger partial charge in [0.25, 0.3) is 0 Å². The van der Waals surface area contributed by atoms with Crippen molar-refractivity contribution in [1.29, 1.82) is 0 Å². The Balaban J connectivity index is 2.13. The van der Waals surface area contributed by atoms with Crippen LogP contribution in [0.2, 0.25) is 0 Å². The highest BCUT2D eigenvalue weighted by Crippen LogP contribution is 2.24. The first kappa shape index (κ1) is 16.5. The molecule has 8 nitrogen and oxygen atoms in total. The standard InChI is InChI=1S/C14H26N6O2/c1-10(2)12(9-18-6-4-11(3)5-7-18)19-13(21)8-16-17-20(19)14(15)22/h8,10-12,21H,4-7,9H2,1-3H3,(H2,15,22)/t12-/m1/s1. The fourth-order valence-corrected chi connectivity index (χ4v) is 2.87. The van der Waals surface area contributed by atoms with Crippen molar-refractivity contribution in [2.24, 2.45) is 27.9 Å². The average Bonchev–Trinajstić information content (AvgIpc) is 2.46. The molecule has 0 spiro atoms. The van der Waals surface area contributed by atoms with Gasteiger partial charge in [0.15, 0.2) is 0 Å². The monoisotopic (exact) mass is 310 g/mol. The summed E-state index contributed by atoms with van der Waals surface area (Å²) >= 11 is 0. The van der Waals surface area contributed by atoms with Crippen molar-refractivity contribution >= 4 is 6.03 Å². The summed E-state index contributed by atoms with van der Waals surface area (Å²) < 4.78 is 0. The van der Waals surface area contributed by atoms with Crippen LogP contribution in [-0.2, 0) is 0 Å². The van der Waals surface area contributed by atoms with Crippen LogP contribution in [0.15, 0.2) is 22.4 Å². The second-order valence-electron chi connectivity index (χ2n) is 6.46. The molecule has 0 saturated carbocycles. The maximum atomic E-state index is 11.6. The number of hydrazine groups is 1. The fourth-order valence-electron chi connectivity index (χ4n) is 2.87. The van der Waals surface area contributed by atoms with E-state index in [1.54, 1.807) is 0 Å². The number of rotatable bonds is 4. The molecule has 0 aromatic carbocycles. The summed E-state index contributed by atoms with van der Waals surface area (Å²) in [5, 5.41) is 19.8. The molecule has 2 aliphatic heterocycles. The minimum Gasteiger partial charge on any atom is -0.492 e. The summed E-state index contributed by atoms with van der Waals surface area (Å²) in [4.78, 5) is 13.9. The number of likely N-dealkylation sites (tertiary alicyclic amines) is 1. The molecule has 22 heavy (non-hydrogen) atoms. The zero-order valence-corrected chi connectivity index (χ0v) is 13.5. The van der Waals surface area contributed by atoms with Crippen molar-refractivity contribution in [3.63, 3.8) is 0 Å². The third-order valence-corrected chi connectivity index (χ3v) is 4.35. The summed E-state index contributed by atoms with van der Waals surface area (Å²) in [6, 6.07) is -0.877. The quantitative estimate of drug-likeness (QED) is 0.830. The number of hydrogen-bond donors (Lipinski definition) is 2. The molecule has 0 aliphatic carbocycles. The molecule has 2 amide bonds. The van der Waals surface area contributed by atoms with Gasteiger partial charge in [0.2, 0.25) is 5.88 Å². The number of hydrogen-bond acceptors (Lipinski definition) is 6. The van der Waals surface area contributed by atoms with E-state index in [9.17, 15) is 9.90 Å². The molecular weight excluding hydrogens is 284 g/mol. The Morgan fingerprint density at radius 3 is 2.64 bits per heavy atom. The van der Waals surface area contributed by atoms with Crippen LogP contribution in [-0.4, -0.2) is 51.8 Å². The summed E-state index contributed by atoms with van der Waals surface area (Å²) in [6.45, 7) is 9.17. The Kier molecular flexibility index (Phi) is 5.23. The maximum Gasteiger partial charge on any atom is 0.356 e. The third kappa shape index (κ3) is 3.68. The van der Waals surface area contributed by atoms with E-state index >= 15 is 0 Å². The first-order chi connectivity index (χ1) is 10.4.